The monoisotopic (exact) mass is 253 g/mol. The molecule has 2 rings (SSSR count). The lowest BCUT2D eigenvalue weighted by molar-refractivity contribution is 0.247. The molecule has 1 atom stereocenters. The summed E-state index contributed by atoms with van der Waals surface area (Å²) in [5, 5.41) is 6.19. The van der Waals surface area contributed by atoms with E-state index in [1.807, 2.05) is 0 Å². The number of hydrogen-bond acceptors (Lipinski definition) is 3. The molecule has 2 amide bonds. The van der Waals surface area contributed by atoms with Crippen LogP contribution in [0.3, 0.4) is 0 Å². The molecule has 1 aliphatic rings. The van der Waals surface area contributed by atoms with Crippen LogP contribution in [0.1, 0.15) is 18.0 Å². The fourth-order valence-corrected chi connectivity index (χ4v) is 2.20. The van der Waals surface area contributed by atoms with Crippen LogP contribution in [-0.2, 0) is 0 Å². The van der Waals surface area contributed by atoms with Gasteiger partial charge in [-0.25, -0.2) is 4.79 Å². The molecule has 0 saturated carbocycles. The first-order chi connectivity index (χ1) is 8.17. The minimum atomic E-state index is -0.426. The molecule has 90 valence electrons. The molecule has 0 fully saturated rings. The van der Waals surface area contributed by atoms with Crippen molar-refractivity contribution >= 4 is 23.3 Å². The fraction of sp³-hybridized carbons (Fsp3) is 0.364. The van der Waals surface area contributed by atoms with Gasteiger partial charge in [-0.2, -0.15) is 4.91 Å². The highest BCUT2D eigenvalue weighted by Gasteiger charge is 2.29. The van der Waals surface area contributed by atoms with Gasteiger partial charge in [-0.15, -0.1) is 0 Å². The van der Waals surface area contributed by atoms with Crippen LogP contribution in [-0.4, -0.2) is 19.6 Å². The maximum absolute atomic E-state index is 11.7. The molecule has 1 heterocycles. The SMILES string of the molecule is CNC(=O)N1CCC(N=O)c2cc(Cl)ccc21. The average molecular weight is 254 g/mol. The molecule has 17 heavy (non-hydrogen) atoms. The van der Waals surface area contributed by atoms with Crippen LogP contribution in [0.5, 0.6) is 0 Å². The number of nitroso groups, excluding NO2 is 1. The number of amides is 2. The zero-order chi connectivity index (χ0) is 12.4. The minimum Gasteiger partial charge on any atom is -0.341 e. The molecule has 1 aromatic carbocycles. The molecule has 0 radical (unpaired) electrons. The summed E-state index contributed by atoms with van der Waals surface area (Å²) in [6.07, 6.45) is 0.518. The van der Waals surface area contributed by atoms with Crippen LogP contribution >= 0.6 is 11.6 Å². The highest BCUT2D eigenvalue weighted by molar-refractivity contribution is 6.30. The van der Waals surface area contributed by atoms with Crippen molar-refractivity contribution in [3.05, 3.63) is 33.7 Å². The molecule has 0 aliphatic carbocycles. The number of rotatable bonds is 1. The number of urea groups is 1. The molecule has 1 aromatic rings. The summed E-state index contributed by atoms with van der Waals surface area (Å²) in [4.78, 5) is 24.0. The number of carbonyl (C=O) groups excluding carboxylic acids is 1. The summed E-state index contributed by atoms with van der Waals surface area (Å²) in [6, 6.07) is 4.51. The second kappa shape index (κ2) is 4.71. The van der Waals surface area contributed by atoms with Crippen molar-refractivity contribution in [3.63, 3.8) is 0 Å². The lowest BCUT2D eigenvalue weighted by Gasteiger charge is -2.31. The van der Waals surface area contributed by atoms with Crippen molar-refractivity contribution in [1.29, 1.82) is 0 Å². The first kappa shape index (κ1) is 11.9. The molecule has 6 heteroatoms. The van der Waals surface area contributed by atoms with Gasteiger partial charge in [0.1, 0.15) is 6.04 Å². The van der Waals surface area contributed by atoms with Crippen molar-refractivity contribution in [3.8, 4) is 0 Å². The summed E-state index contributed by atoms with van der Waals surface area (Å²) in [5.41, 5.74) is 1.41. The summed E-state index contributed by atoms with van der Waals surface area (Å²) >= 11 is 5.90. The molecule has 1 unspecified atom stereocenters. The third-order valence-corrected chi connectivity index (χ3v) is 3.09. The highest BCUT2D eigenvalue weighted by Crippen LogP contribution is 2.37. The van der Waals surface area contributed by atoms with Gasteiger partial charge >= 0.3 is 6.03 Å². The second-order valence-electron chi connectivity index (χ2n) is 3.82. The number of benzene rings is 1. The Morgan fingerprint density at radius 3 is 3.00 bits per heavy atom. The molecular weight excluding hydrogens is 242 g/mol. The van der Waals surface area contributed by atoms with Gasteiger partial charge in [-0.1, -0.05) is 16.8 Å². The maximum Gasteiger partial charge on any atom is 0.321 e. The molecule has 5 nitrogen and oxygen atoms in total. The van der Waals surface area contributed by atoms with Crippen LogP contribution in [0, 0.1) is 4.91 Å². The summed E-state index contributed by atoms with van der Waals surface area (Å²) in [6.45, 7) is 0.477. The highest BCUT2D eigenvalue weighted by atomic mass is 35.5. The lowest BCUT2D eigenvalue weighted by atomic mass is 9.97. The molecular formula is C11H12ClN3O2. The normalized spacial score (nSPS) is 18.5. The number of fused-ring (bicyclic) bond motifs is 1. The zero-order valence-corrected chi connectivity index (χ0v) is 10.1. The predicted molar refractivity (Wildman–Crippen MR) is 66.4 cm³/mol. The van der Waals surface area contributed by atoms with Crippen LogP contribution in [0.2, 0.25) is 5.02 Å². The van der Waals surface area contributed by atoms with Crippen molar-refractivity contribution in [2.45, 2.75) is 12.5 Å². The third kappa shape index (κ3) is 2.10. The number of halogens is 1. The van der Waals surface area contributed by atoms with Crippen molar-refractivity contribution in [1.82, 2.24) is 5.32 Å². The lowest BCUT2D eigenvalue weighted by Crippen LogP contribution is -2.41. The first-order valence-corrected chi connectivity index (χ1v) is 5.66. The van der Waals surface area contributed by atoms with E-state index in [0.29, 0.717) is 29.2 Å². The maximum atomic E-state index is 11.7. The van der Waals surface area contributed by atoms with Gasteiger partial charge in [0.25, 0.3) is 0 Å². The Balaban J connectivity index is 2.47. The van der Waals surface area contributed by atoms with Gasteiger partial charge in [0.2, 0.25) is 0 Å². The molecule has 0 saturated heterocycles. The van der Waals surface area contributed by atoms with E-state index in [9.17, 15) is 9.70 Å². The number of anilines is 1. The van der Waals surface area contributed by atoms with Crippen molar-refractivity contribution < 1.29 is 4.79 Å². The number of carbonyl (C=O) groups is 1. The van der Waals surface area contributed by atoms with Gasteiger partial charge < -0.3 is 5.32 Å². The predicted octanol–water partition coefficient (Wildman–Crippen LogP) is 2.70. The smallest absolute Gasteiger partial charge is 0.321 e. The van der Waals surface area contributed by atoms with E-state index in [2.05, 4.69) is 10.5 Å². The Morgan fingerprint density at radius 2 is 2.35 bits per heavy atom. The van der Waals surface area contributed by atoms with Gasteiger partial charge in [0.05, 0.1) is 5.69 Å². The molecule has 0 spiro atoms. The van der Waals surface area contributed by atoms with E-state index in [1.165, 1.54) is 0 Å². The Bertz CT molecular complexity index is 464. The molecule has 1 N–H and O–H groups in total. The second-order valence-corrected chi connectivity index (χ2v) is 4.26. The summed E-state index contributed by atoms with van der Waals surface area (Å²) in [7, 11) is 1.57. The van der Waals surface area contributed by atoms with Crippen LogP contribution < -0.4 is 10.2 Å². The molecule has 0 aromatic heterocycles. The minimum absolute atomic E-state index is 0.196. The van der Waals surface area contributed by atoms with Gasteiger partial charge in [-0.3, -0.25) is 4.90 Å². The number of hydrogen-bond donors (Lipinski definition) is 1. The molecule has 0 bridgehead atoms. The molecule has 1 aliphatic heterocycles. The van der Waals surface area contributed by atoms with Crippen LogP contribution in [0.15, 0.2) is 23.4 Å². The number of nitrogens with one attached hydrogen (secondary N) is 1. The van der Waals surface area contributed by atoms with Crippen molar-refractivity contribution in [2.24, 2.45) is 5.18 Å². The van der Waals surface area contributed by atoms with E-state index in [0.717, 1.165) is 0 Å². The van der Waals surface area contributed by atoms with E-state index >= 15 is 0 Å². The summed E-state index contributed by atoms with van der Waals surface area (Å²) < 4.78 is 0. The van der Waals surface area contributed by atoms with Gasteiger partial charge in [-0.05, 0) is 24.6 Å². The van der Waals surface area contributed by atoms with Gasteiger partial charge in [0.15, 0.2) is 0 Å². The Morgan fingerprint density at radius 1 is 1.59 bits per heavy atom. The largest absolute Gasteiger partial charge is 0.341 e. The standard InChI is InChI=1S/C11H12ClN3O2/c1-13-11(16)15-5-4-9(14-17)8-6-7(12)2-3-10(8)15/h2-3,6,9H,4-5H2,1H3,(H,13,16). The zero-order valence-electron chi connectivity index (χ0n) is 9.31. The quantitative estimate of drug-likeness (QED) is 0.782. The average Bonchev–Trinajstić information content (AvgIpc) is 2.36. The number of nitrogens with zero attached hydrogens (tertiary/aromatic N) is 2. The van der Waals surface area contributed by atoms with E-state index in [1.54, 1.807) is 30.1 Å². The van der Waals surface area contributed by atoms with E-state index in [4.69, 9.17) is 11.6 Å². The van der Waals surface area contributed by atoms with Crippen LogP contribution in [0.4, 0.5) is 10.5 Å². The van der Waals surface area contributed by atoms with Gasteiger partial charge in [0, 0.05) is 24.2 Å². The van der Waals surface area contributed by atoms with Crippen molar-refractivity contribution in [2.75, 3.05) is 18.5 Å². The third-order valence-electron chi connectivity index (χ3n) is 2.85. The Kier molecular flexibility index (Phi) is 3.28. The van der Waals surface area contributed by atoms with E-state index in [-0.39, 0.29) is 6.03 Å². The van der Waals surface area contributed by atoms with Crippen LogP contribution in [0.25, 0.3) is 0 Å². The van der Waals surface area contributed by atoms with E-state index < -0.39 is 6.04 Å². The Hall–Kier alpha value is -1.62. The summed E-state index contributed by atoms with van der Waals surface area (Å²) in [5.74, 6) is 0. The Labute approximate surface area is 104 Å². The fourth-order valence-electron chi connectivity index (χ4n) is 2.02. The topological polar surface area (TPSA) is 61.8 Å². The first-order valence-electron chi connectivity index (χ1n) is 5.28.